The largest absolute Gasteiger partial charge is 0.497 e. The summed E-state index contributed by atoms with van der Waals surface area (Å²) in [5, 5.41) is 3.10. The smallest absolute Gasteiger partial charge is 0.252 e. The Balaban J connectivity index is 1.59. The summed E-state index contributed by atoms with van der Waals surface area (Å²) >= 11 is 0. The second-order valence-corrected chi connectivity index (χ2v) is 7.63. The molecule has 0 saturated carbocycles. The quantitative estimate of drug-likeness (QED) is 0.409. The van der Waals surface area contributed by atoms with E-state index in [1.807, 2.05) is 48.1 Å². The lowest BCUT2D eigenvalue weighted by atomic mass is 10.0. The van der Waals surface area contributed by atoms with Crippen LogP contribution in [0.3, 0.4) is 0 Å². The van der Waals surface area contributed by atoms with Gasteiger partial charge >= 0.3 is 0 Å². The van der Waals surface area contributed by atoms with Crippen LogP contribution in [0.4, 0.5) is 0 Å². The number of carbonyl (C=O) groups is 1. The van der Waals surface area contributed by atoms with Crippen molar-refractivity contribution in [3.05, 3.63) is 102 Å². The second kappa shape index (κ2) is 10.5. The molecule has 4 aromatic rings. The zero-order valence-corrected chi connectivity index (χ0v) is 19.3. The number of hydrogen-bond donors (Lipinski definition) is 1. The predicted molar refractivity (Wildman–Crippen MR) is 127 cm³/mol. The van der Waals surface area contributed by atoms with Crippen LogP contribution in [0.5, 0.6) is 17.2 Å². The molecule has 0 spiro atoms. The van der Waals surface area contributed by atoms with E-state index >= 15 is 0 Å². The molecular formula is C26H26N4O4. The Kier molecular flexibility index (Phi) is 7.07. The molecular weight excluding hydrogens is 432 g/mol. The Morgan fingerprint density at radius 3 is 2.44 bits per heavy atom. The molecule has 0 aliphatic carbocycles. The molecule has 0 fully saturated rings. The van der Waals surface area contributed by atoms with Gasteiger partial charge in [0.2, 0.25) is 0 Å². The standard InChI is InChI=1S/C26H26N4O4/c1-30-11-10-28-25(30)24(20-13-22(32-2)15-23(14-20)33-3)29-26(31)19-7-4-8-21(12-19)34-17-18-6-5-9-27-16-18/h4-16,24H,17H2,1-3H3,(H,29,31). The third kappa shape index (κ3) is 5.35. The average molecular weight is 459 g/mol. The lowest BCUT2D eigenvalue weighted by Crippen LogP contribution is -2.31. The van der Waals surface area contributed by atoms with Gasteiger partial charge in [0.15, 0.2) is 0 Å². The van der Waals surface area contributed by atoms with Gasteiger partial charge in [-0.15, -0.1) is 0 Å². The molecule has 2 aromatic carbocycles. The zero-order chi connectivity index (χ0) is 23.9. The maximum Gasteiger partial charge on any atom is 0.252 e. The molecule has 2 heterocycles. The van der Waals surface area contributed by atoms with Crippen LogP contribution in [0, 0.1) is 0 Å². The molecule has 34 heavy (non-hydrogen) atoms. The zero-order valence-electron chi connectivity index (χ0n) is 19.3. The molecule has 1 unspecified atom stereocenters. The minimum atomic E-state index is -0.531. The van der Waals surface area contributed by atoms with Gasteiger partial charge < -0.3 is 24.1 Å². The number of ether oxygens (including phenoxy) is 3. The van der Waals surface area contributed by atoms with Gasteiger partial charge in [-0.1, -0.05) is 12.1 Å². The van der Waals surface area contributed by atoms with Crippen molar-refractivity contribution in [2.24, 2.45) is 7.05 Å². The van der Waals surface area contributed by atoms with Gasteiger partial charge in [-0.3, -0.25) is 9.78 Å². The number of hydrogen-bond acceptors (Lipinski definition) is 6. The minimum Gasteiger partial charge on any atom is -0.497 e. The number of pyridine rings is 1. The maximum absolute atomic E-state index is 13.3. The molecule has 8 nitrogen and oxygen atoms in total. The number of nitrogens with one attached hydrogen (secondary N) is 1. The topological polar surface area (TPSA) is 87.5 Å². The van der Waals surface area contributed by atoms with E-state index in [2.05, 4.69) is 15.3 Å². The molecule has 1 amide bonds. The van der Waals surface area contributed by atoms with Crippen LogP contribution in [-0.4, -0.2) is 34.7 Å². The van der Waals surface area contributed by atoms with Crippen LogP contribution in [0.25, 0.3) is 0 Å². The minimum absolute atomic E-state index is 0.262. The number of rotatable bonds is 9. The number of aryl methyl sites for hydroxylation is 1. The highest BCUT2D eigenvalue weighted by Crippen LogP contribution is 2.30. The Morgan fingerprint density at radius 1 is 1.00 bits per heavy atom. The molecule has 1 atom stereocenters. The van der Waals surface area contributed by atoms with Gasteiger partial charge in [-0.25, -0.2) is 4.98 Å². The SMILES string of the molecule is COc1cc(OC)cc(C(NC(=O)c2cccc(OCc3cccnc3)c2)c2nccn2C)c1. The Morgan fingerprint density at radius 2 is 1.79 bits per heavy atom. The first-order chi connectivity index (χ1) is 16.6. The van der Waals surface area contributed by atoms with E-state index in [4.69, 9.17) is 14.2 Å². The highest BCUT2D eigenvalue weighted by Gasteiger charge is 2.23. The molecule has 2 aromatic heterocycles. The molecule has 1 N–H and O–H groups in total. The number of benzene rings is 2. The average Bonchev–Trinajstić information content (AvgIpc) is 3.31. The maximum atomic E-state index is 13.3. The number of imidazole rings is 1. The fourth-order valence-corrected chi connectivity index (χ4v) is 3.54. The molecule has 0 aliphatic heterocycles. The van der Waals surface area contributed by atoms with Gasteiger partial charge in [0.25, 0.3) is 5.91 Å². The lowest BCUT2D eigenvalue weighted by molar-refractivity contribution is 0.0940. The molecule has 0 saturated heterocycles. The van der Waals surface area contributed by atoms with Gasteiger partial charge in [0, 0.05) is 49.0 Å². The van der Waals surface area contributed by atoms with Crippen LogP contribution < -0.4 is 19.5 Å². The summed E-state index contributed by atoms with van der Waals surface area (Å²) in [5.74, 6) is 2.24. The van der Waals surface area contributed by atoms with Crippen LogP contribution in [0.2, 0.25) is 0 Å². The van der Waals surface area contributed by atoms with E-state index in [0.29, 0.717) is 35.2 Å². The van der Waals surface area contributed by atoms with E-state index in [9.17, 15) is 4.79 Å². The predicted octanol–water partition coefficient (Wildman–Crippen LogP) is 3.93. The van der Waals surface area contributed by atoms with E-state index in [0.717, 1.165) is 11.1 Å². The summed E-state index contributed by atoms with van der Waals surface area (Å²) in [6.45, 7) is 0.360. The third-order valence-electron chi connectivity index (χ3n) is 5.32. The first-order valence-electron chi connectivity index (χ1n) is 10.7. The summed E-state index contributed by atoms with van der Waals surface area (Å²) in [7, 11) is 5.06. The number of methoxy groups -OCH3 is 2. The Hall–Kier alpha value is -4.33. The summed E-state index contributed by atoms with van der Waals surface area (Å²) in [4.78, 5) is 21.9. The van der Waals surface area contributed by atoms with Gasteiger partial charge in [0.05, 0.1) is 14.2 Å². The molecule has 0 radical (unpaired) electrons. The van der Waals surface area contributed by atoms with Gasteiger partial charge in [-0.05, 0) is 42.0 Å². The van der Waals surface area contributed by atoms with E-state index < -0.39 is 6.04 Å². The van der Waals surface area contributed by atoms with Crippen molar-refractivity contribution < 1.29 is 19.0 Å². The van der Waals surface area contributed by atoms with Gasteiger partial charge in [-0.2, -0.15) is 0 Å². The summed E-state index contributed by atoms with van der Waals surface area (Å²) in [6, 6.07) is 15.8. The first kappa shape index (κ1) is 22.8. The summed E-state index contributed by atoms with van der Waals surface area (Å²) in [6.07, 6.45) is 6.98. The van der Waals surface area contributed by atoms with Gasteiger partial charge in [0.1, 0.15) is 35.7 Å². The second-order valence-electron chi connectivity index (χ2n) is 7.63. The van der Waals surface area contributed by atoms with Crippen molar-refractivity contribution in [1.29, 1.82) is 0 Å². The van der Waals surface area contributed by atoms with Crippen LogP contribution in [0.15, 0.2) is 79.4 Å². The van der Waals surface area contributed by atoms with E-state index in [1.54, 1.807) is 57.1 Å². The number of nitrogens with zero attached hydrogens (tertiary/aromatic N) is 3. The lowest BCUT2D eigenvalue weighted by Gasteiger charge is -2.21. The Bertz CT molecular complexity index is 1230. The molecule has 0 aliphatic rings. The number of aromatic nitrogens is 3. The van der Waals surface area contributed by atoms with Crippen LogP contribution in [-0.2, 0) is 13.7 Å². The number of carbonyl (C=O) groups excluding carboxylic acids is 1. The molecule has 0 bridgehead atoms. The molecule has 174 valence electrons. The first-order valence-corrected chi connectivity index (χ1v) is 10.7. The summed E-state index contributed by atoms with van der Waals surface area (Å²) < 4.78 is 18.6. The highest BCUT2D eigenvalue weighted by atomic mass is 16.5. The van der Waals surface area contributed by atoms with E-state index in [-0.39, 0.29) is 5.91 Å². The summed E-state index contributed by atoms with van der Waals surface area (Å²) in [5.41, 5.74) is 2.19. The van der Waals surface area contributed by atoms with Crippen LogP contribution >= 0.6 is 0 Å². The van der Waals surface area contributed by atoms with Crippen molar-refractivity contribution in [1.82, 2.24) is 19.9 Å². The van der Waals surface area contributed by atoms with Crippen molar-refractivity contribution in [2.75, 3.05) is 14.2 Å². The van der Waals surface area contributed by atoms with Crippen molar-refractivity contribution in [3.8, 4) is 17.2 Å². The monoisotopic (exact) mass is 458 g/mol. The number of amides is 1. The normalized spacial score (nSPS) is 11.5. The van der Waals surface area contributed by atoms with Crippen molar-refractivity contribution in [3.63, 3.8) is 0 Å². The fourth-order valence-electron chi connectivity index (χ4n) is 3.54. The Labute approximate surface area is 198 Å². The molecule has 4 rings (SSSR count). The van der Waals surface area contributed by atoms with Crippen LogP contribution in [0.1, 0.15) is 33.4 Å². The van der Waals surface area contributed by atoms with Crippen molar-refractivity contribution in [2.45, 2.75) is 12.6 Å². The highest BCUT2D eigenvalue weighted by molar-refractivity contribution is 5.95. The third-order valence-corrected chi connectivity index (χ3v) is 5.32. The van der Waals surface area contributed by atoms with E-state index in [1.165, 1.54) is 0 Å². The fraction of sp³-hybridized carbons (Fsp3) is 0.192. The molecule has 8 heteroatoms. The van der Waals surface area contributed by atoms with Crippen molar-refractivity contribution >= 4 is 5.91 Å².